The fourth-order valence-corrected chi connectivity index (χ4v) is 1.26. The van der Waals surface area contributed by atoms with Gasteiger partial charge in [0.1, 0.15) is 0 Å². The van der Waals surface area contributed by atoms with Crippen molar-refractivity contribution in [1.82, 2.24) is 15.5 Å². The molecule has 0 radical (unpaired) electrons. The zero-order valence-electron chi connectivity index (χ0n) is 9.69. The molecule has 0 fully saturated rings. The van der Waals surface area contributed by atoms with Gasteiger partial charge in [-0.2, -0.15) is 4.98 Å². The van der Waals surface area contributed by atoms with Crippen molar-refractivity contribution in [2.45, 2.75) is 45.7 Å². The summed E-state index contributed by atoms with van der Waals surface area (Å²) in [4.78, 5) is 15.5. The first kappa shape index (κ1) is 12.6. The van der Waals surface area contributed by atoms with Crippen molar-refractivity contribution in [2.75, 3.05) is 0 Å². The lowest BCUT2D eigenvalue weighted by atomic mass is 10.1. The van der Waals surface area contributed by atoms with Crippen LogP contribution in [0.25, 0.3) is 0 Å². The first-order valence-corrected chi connectivity index (χ1v) is 5.46. The van der Waals surface area contributed by atoms with Gasteiger partial charge in [0.05, 0.1) is 12.6 Å². The lowest BCUT2D eigenvalue weighted by Crippen LogP contribution is -2.40. The maximum absolute atomic E-state index is 11.5. The number of nitrogens with one attached hydrogen (secondary N) is 1. The molecule has 0 aliphatic heterocycles. The Balaban J connectivity index is 2.29. The van der Waals surface area contributed by atoms with Gasteiger partial charge in [-0.15, -0.1) is 0 Å². The van der Waals surface area contributed by atoms with Crippen molar-refractivity contribution in [3.63, 3.8) is 0 Å². The summed E-state index contributed by atoms with van der Waals surface area (Å²) in [5, 5.41) is 6.28. The van der Waals surface area contributed by atoms with Gasteiger partial charge in [0.25, 0.3) is 0 Å². The fraction of sp³-hybridized carbons (Fsp3) is 0.700. The van der Waals surface area contributed by atoms with Crippen LogP contribution in [0.3, 0.4) is 0 Å². The van der Waals surface area contributed by atoms with Crippen molar-refractivity contribution >= 4 is 5.91 Å². The molecule has 0 aliphatic carbocycles. The van der Waals surface area contributed by atoms with E-state index >= 15 is 0 Å². The number of nitrogens with two attached hydrogens (primary N) is 1. The van der Waals surface area contributed by atoms with Gasteiger partial charge in [0.15, 0.2) is 5.82 Å². The van der Waals surface area contributed by atoms with Crippen LogP contribution in [0, 0.1) is 6.92 Å². The van der Waals surface area contributed by atoms with E-state index in [1.807, 2.05) is 0 Å². The molecular formula is C10H18N4O2. The van der Waals surface area contributed by atoms with Gasteiger partial charge in [0.2, 0.25) is 11.8 Å². The van der Waals surface area contributed by atoms with Crippen LogP contribution < -0.4 is 11.1 Å². The van der Waals surface area contributed by atoms with E-state index in [2.05, 4.69) is 22.4 Å². The number of unbranched alkanes of at least 4 members (excludes halogenated alkanes) is 1. The zero-order chi connectivity index (χ0) is 12.0. The van der Waals surface area contributed by atoms with Gasteiger partial charge in [0, 0.05) is 0 Å². The van der Waals surface area contributed by atoms with Crippen molar-refractivity contribution < 1.29 is 9.32 Å². The number of carbonyl (C=O) groups is 1. The molecule has 1 rings (SSSR count). The molecular weight excluding hydrogens is 208 g/mol. The highest BCUT2D eigenvalue weighted by atomic mass is 16.5. The standard InChI is InChI=1S/C10H18N4O2/c1-3-4-5-8(11)10(15)12-6-9-13-7(2)14-16-9/h8H,3-6,11H2,1-2H3,(H,12,15). The van der Waals surface area contributed by atoms with E-state index in [-0.39, 0.29) is 12.5 Å². The number of hydrogen-bond donors (Lipinski definition) is 2. The van der Waals surface area contributed by atoms with Crippen molar-refractivity contribution in [2.24, 2.45) is 5.73 Å². The fourth-order valence-electron chi connectivity index (χ4n) is 1.26. The second kappa shape index (κ2) is 6.22. The van der Waals surface area contributed by atoms with E-state index < -0.39 is 6.04 Å². The summed E-state index contributed by atoms with van der Waals surface area (Å²) in [5.74, 6) is 0.775. The second-order valence-corrected chi connectivity index (χ2v) is 3.70. The molecule has 3 N–H and O–H groups in total. The first-order valence-electron chi connectivity index (χ1n) is 5.46. The topological polar surface area (TPSA) is 94.0 Å². The molecule has 90 valence electrons. The van der Waals surface area contributed by atoms with Crippen LogP contribution in [0.15, 0.2) is 4.52 Å². The maximum atomic E-state index is 11.5. The SMILES string of the molecule is CCCCC(N)C(=O)NCc1nc(C)no1. The summed E-state index contributed by atoms with van der Waals surface area (Å²) in [6.07, 6.45) is 2.68. The highest BCUT2D eigenvalue weighted by molar-refractivity contribution is 5.81. The average molecular weight is 226 g/mol. The number of nitrogens with zero attached hydrogens (tertiary/aromatic N) is 2. The first-order chi connectivity index (χ1) is 7.63. The minimum absolute atomic E-state index is 0.177. The lowest BCUT2D eigenvalue weighted by molar-refractivity contribution is -0.122. The Bertz CT molecular complexity index is 337. The van der Waals surface area contributed by atoms with E-state index in [9.17, 15) is 4.79 Å². The minimum atomic E-state index is -0.455. The molecule has 0 spiro atoms. The normalized spacial score (nSPS) is 12.4. The number of aryl methyl sites for hydroxylation is 1. The molecule has 6 nitrogen and oxygen atoms in total. The van der Waals surface area contributed by atoms with E-state index in [4.69, 9.17) is 10.3 Å². The van der Waals surface area contributed by atoms with Crippen LogP contribution in [-0.2, 0) is 11.3 Å². The molecule has 1 aromatic heterocycles. The highest BCUT2D eigenvalue weighted by Gasteiger charge is 2.13. The quantitative estimate of drug-likeness (QED) is 0.737. The van der Waals surface area contributed by atoms with Crippen LogP contribution >= 0.6 is 0 Å². The zero-order valence-corrected chi connectivity index (χ0v) is 9.69. The third kappa shape index (κ3) is 3.98. The number of hydrogen-bond acceptors (Lipinski definition) is 5. The molecule has 16 heavy (non-hydrogen) atoms. The average Bonchev–Trinajstić information content (AvgIpc) is 2.68. The molecule has 0 aliphatic rings. The van der Waals surface area contributed by atoms with E-state index in [0.29, 0.717) is 18.1 Å². The maximum Gasteiger partial charge on any atom is 0.246 e. The Morgan fingerprint density at radius 2 is 2.38 bits per heavy atom. The van der Waals surface area contributed by atoms with E-state index in [1.165, 1.54) is 0 Å². The highest BCUT2D eigenvalue weighted by Crippen LogP contribution is 1.99. The smallest absolute Gasteiger partial charge is 0.246 e. The van der Waals surface area contributed by atoms with Gasteiger partial charge in [-0.1, -0.05) is 24.9 Å². The Morgan fingerprint density at radius 3 is 2.94 bits per heavy atom. The molecule has 1 amide bonds. The Kier molecular flexibility index (Phi) is 4.91. The molecule has 6 heteroatoms. The minimum Gasteiger partial charge on any atom is -0.346 e. The van der Waals surface area contributed by atoms with Crippen LogP contribution in [-0.4, -0.2) is 22.1 Å². The van der Waals surface area contributed by atoms with Crippen molar-refractivity contribution in [3.8, 4) is 0 Å². The monoisotopic (exact) mass is 226 g/mol. The summed E-state index contributed by atoms with van der Waals surface area (Å²) in [6, 6.07) is -0.455. The molecule has 0 saturated carbocycles. The number of rotatable bonds is 6. The van der Waals surface area contributed by atoms with Crippen LogP contribution in [0.1, 0.15) is 37.9 Å². The molecule has 1 aromatic rings. The number of amides is 1. The van der Waals surface area contributed by atoms with Crippen LogP contribution in [0.4, 0.5) is 0 Å². The molecule has 1 heterocycles. The second-order valence-electron chi connectivity index (χ2n) is 3.70. The lowest BCUT2D eigenvalue weighted by Gasteiger charge is -2.09. The predicted molar refractivity (Wildman–Crippen MR) is 58.4 cm³/mol. The predicted octanol–water partition coefficient (Wildman–Crippen LogP) is 0.512. The summed E-state index contributed by atoms with van der Waals surface area (Å²) in [5.41, 5.74) is 5.69. The van der Waals surface area contributed by atoms with Gasteiger partial charge in [-0.05, 0) is 13.3 Å². The van der Waals surface area contributed by atoms with Gasteiger partial charge >= 0.3 is 0 Å². The van der Waals surface area contributed by atoms with Gasteiger partial charge in [-0.3, -0.25) is 4.79 Å². The summed E-state index contributed by atoms with van der Waals surface area (Å²) >= 11 is 0. The van der Waals surface area contributed by atoms with Crippen LogP contribution in [0.5, 0.6) is 0 Å². The van der Waals surface area contributed by atoms with Crippen molar-refractivity contribution in [1.29, 1.82) is 0 Å². The Labute approximate surface area is 94.6 Å². The summed E-state index contributed by atoms with van der Waals surface area (Å²) in [7, 11) is 0. The van der Waals surface area contributed by atoms with Gasteiger partial charge in [-0.25, -0.2) is 0 Å². The van der Waals surface area contributed by atoms with Gasteiger partial charge < -0.3 is 15.6 Å². The summed E-state index contributed by atoms with van der Waals surface area (Å²) in [6.45, 7) is 4.02. The molecule has 1 atom stereocenters. The molecule has 0 saturated heterocycles. The Hall–Kier alpha value is -1.43. The van der Waals surface area contributed by atoms with Crippen molar-refractivity contribution in [3.05, 3.63) is 11.7 Å². The summed E-state index contributed by atoms with van der Waals surface area (Å²) < 4.78 is 4.86. The third-order valence-electron chi connectivity index (χ3n) is 2.19. The number of carbonyl (C=O) groups excluding carboxylic acids is 1. The largest absolute Gasteiger partial charge is 0.346 e. The van der Waals surface area contributed by atoms with E-state index in [1.54, 1.807) is 6.92 Å². The Morgan fingerprint density at radius 1 is 1.62 bits per heavy atom. The number of aromatic nitrogens is 2. The van der Waals surface area contributed by atoms with E-state index in [0.717, 1.165) is 12.8 Å². The molecule has 0 aromatic carbocycles. The molecule has 1 unspecified atom stereocenters. The molecule has 0 bridgehead atoms. The third-order valence-corrected chi connectivity index (χ3v) is 2.19. The van der Waals surface area contributed by atoms with Crippen LogP contribution in [0.2, 0.25) is 0 Å².